The van der Waals surface area contributed by atoms with Crippen LogP contribution < -0.4 is 9.64 Å². The topological polar surface area (TPSA) is 38.2 Å². The standard InChI is InChI=1S/C11H12ClN3OS/c1-15(11-10(12)13-17-14-11)7-8-4-3-5-9(6-8)16-2/h3-6H,7H2,1-2H3. The van der Waals surface area contributed by atoms with Crippen molar-refractivity contribution in [1.82, 2.24) is 8.75 Å². The molecule has 2 rings (SSSR count). The van der Waals surface area contributed by atoms with Gasteiger partial charge < -0.3 is 9.64 Å². The van der Waals surface area contributed by atoms with E-state index in [1.165, 1.54) is 0 Å². The van der Waals surface area contributed by atoms with Gasteiger partial charge in [-0.2, -0.15) is 8.75 Å². The van der Waals surface area contributed by atoms with Crippen LogP contribution in [0.4, 0.5) is 5.82 Å². The van der Waals surface area contributed by atoms with Gasteiger partial charge in [0.25, 0.3) is 0 Å². The fourth-order valence-corrected chi connectivity index (χ4v) is 2.35. The Bertz CT molecular complexity index is 503. The third-order valence-corrected chi connectivity index (χ3v) is 3.22. The van der Waals surface area contributed by atoms with Crippen molar-refractivity contribution in [3.8, 4) is 5.75 Å². The van der Waals surface area contributed by atoms with Crippen LogP contribution in [0.2, 0.25) is 5.15 Å². The molecule has 90 valence electrons. The number of methoxy groups -OCH3 is 1. The average Bonchev–Trinajstić information content (AvgIpc) is 2.76. The van der Waals surface area contributed by atoms with Crippen molar-refractivity contribution in [1.29, 1.82) is 0 Å². The Kier molecular flexibility index (Phi) is 3.81. The zero-order valence-electron chi connectivity index (χ0n) is 9.55. The van der Waals surface area contributed by atoms with E-state index in [0.29, 0.717) is 17.5 Å². The Morgan fingerprint density at radius 1 is 1.41 bits per heavy atom. The van der Waals surface area contributed by atoms with Crippen LogP contribution >= 0.6 is 23.3 Å². The largest absolute Gasteiger partial charge is 0.497 e. The summed E-state index contributed by atoms with van der Waals surface area (Å²) >= 11 is 7.04. The molecule has 1 heterocycles. The normalized spacial score (nSPS) is 10.3. The Morgan fingerprint density at radius 3 is 2.88 bits per heavy atom. The van der Waals surface area contributed by atoms with Crippen LogP contribution in [0.3, 0.4) is 0 Å². The Morgan fingerprint density at radius 2 is 2.24 bits per heavy atom. The smallest absolute Gasteiger partial charge is 0.187 e. The number of halogens is 1. The van der Waals surface area contributed by atoms with Crippen LogP contribution in [0.5, 0.6) is 5.75 Å². The van der Waals surface area contributed by atoms with Crippen LogP contribution in [0.1, 0.15) is 5.56 Å². The first kappa shape index (κ1) is 12.1. The summed E-state index contributed by atoms with van der Waals surface area (Å²) in [6, 6.07) is 7.90. The molecule has 0 aliphatic carbocycles. The van der Waals surface area contributed by atoms with Gasteiger partial charge in [0.2, 0.25) is 0 Å². The molecule has 2 aromatic rings. The number of hydrogen-bond acceptors (Lipinski definition) is 5. The molecule has 0 radical (unpaired) electrons. The van der Waals surface area contributed by atoms with Crippen molar-refractivity contribution in [3.63, 3.8) is 0 Å². The summed E-state index contributed by atoms with van der Waals surface area (Å²) in [7, 11) is 3.59. The molecule has 1 aromatic carbocycles. The molecule has 0 atom stereocenters. The summed E-state index contributed by atoms with van der Waals surface area (Å²) in [5, 5.41) is 0.445. The molecule has 0 saturated heterocycles. The average molecular weight is 270 g/mol. The van der Waals surface area contributed by atoms with Crippen LogP contribution in [0, 0.1) is 0 Å². The van der Waals surface area contributed by atoms with Crippen molar-refractivity contribution in [3.05, 3.63) is 35.0 Å². The van der Waals surface area contributed by atoms with Crippen molar-refractivity contribution >= 4 is 29.1 Å². The molecular formula is C11H12ClN3OS. The fourth-order valence-electron chi connectivity index (χ4n) is 1.52. The first-order valence-electron chi connectivity index (χ1n) is 5.03. The highest BCUT2D eigenvalue weighted by molar-refractivity contribution is 6.99. The monoisotopic (exact) mass is 269 g/mol. The zero-order valence-corrected chi connectivity index (χ0v) is 11.1. The molecule has 0 fully saturated rings. The number of aromatic nitrogens is 2. The summed E-state index contributed by atoms with van der Waals surface area (Å²) in [4.78, 5) is 1.96. The highest BCUT2D eigenvalue weighted by Crippen LogP contribution is 2.23. The summed E-state index contributed by atoms with van der Waals surface area (Å²) in [5.74, 6) is 1.55. The Labute approximate surface area is 109 Å². The van der Waals surface area contributed by atoms with E-state index in [1.54, 1.807) is 7.11 Å². The molecule has 6 heteroatoms. The zero-order chi connectivity index (χ0) is 12.3. The van der Waals surface area contributed by atoms with Gasteiger partial charge in [0.15, 0.2) is 11.0 Å². The molecule has 0 N–H and O–H groups in total. The number of benzene rings is 1. The Balaban J connectivity index is 2.13. The quantitative estimate of drug-likeness (QED) is 0.856. The first-order chi connectivity index (χ1) is 8.20. The van der Waals surface area contributed by atoms with Crippen molar-refractivity contribution in [2.45, 2.75) is 6.54 Å². The predicted molar refractivity (Wildman–Crippen MR) is 70.0 cm³/mol. The molecule has 0 saturated carbocycles. The summed E-state index contributed by atoms with van der Waals surface area (Å²) in [6.07, 6.45) is 0. The van der Waals surface area contributed by atoms with E-state index in [2.05, 4.69) is 8.75 Å². The highest BCUT2D eigenvalue weighted by Gasteiger charge is 2.11. The molecule has 1 aromatic heterocycles. The third kappa shape index (κ3) is 2.87. The molecule has 0 spiro atoms. The van der Waals surface area contributed by atoms with Crippen LogP contribution in [-0.2, 0) is 6.54 Å². The minimum atomic E-state index is 0.445. The number of nitrogens with zero attached hydrogens (tertiary/aromatic N) is 3. The summed E-state index contributed by atoms with van der Waals surface area (Å²) in [5.41, 5.74) is 1.14. The molecule has 17 heavy (non-hydrogen) atoms. The van der Waals surface area contributed by atoms with Gasteiger partial charge in [0.1, 0.15) is 5.75 Å². The van der Waals surface area contributed by atoms with Gasteiger partial charge in [-0.15, -0.1) is 0 Å². The molecule has 4 nitrogen and oxygen atoms in total. The SMILES string of the molecule is COc1cccc(CN(C)c2nsnc2Cl)c1. The van der Waals surface area contributed by atoms with E-state index in [-0.39, 0.29) is 0 Å². The number of hydrogen-bond donors (Lipinski definition) is 0. The second-order valence-electron chi connectivity index (χ2n) is 3.59. The fraction of sp³-hybridized carbons (Fsp3) is 0.273. The minimum Gasteiger partial charge on any atom is -0.497 e. The Hall–Kier alpha value is -1.33. The van der Waals surface area contributed by atoms with E-state index in [4.69, 9.17) is 16.3 Å². The van der Waals surface area contributed by atoms with E-state index in [9.17, 15) is 0 Å². The van der Waals surface area contributed by atoms with Gasteiger partial charge >= 0.3 is 0 Å². The first-order valence-corrected chi connectivity index (χ1v) is 6.13. The van der Waals surface area contributed by atoms with Gasteiger partial charge in [-0.05, 0) is 17.7 Å². The number of ether oxygens (including phenoxy) is 1. The van der Waals surface area contributed by atoms with Crippen LogP contribution in [0.15, 0.2) is 24.3 Å². The second kappa shape index (κ2) is 5.33. The van der Waals surface area contributed by atoms with Crippen LogP contribution in [-0.4, -0.2) is 22.9 Å². The maximum atomic E-state index is 5.93. The minimum absolute atomic E-state index is 0.445. The van der Waals surface area contributed by atoms with Gasteiger partial charge in [-0.1, -0.05) is 23.7 Å². The van der Waals surface area contributed by atoms with E-state index >= 15 is 0 Å². The lowest BCUT2D eigenvalue weighted by atomic mass is 10.2. The lowest BCUT2D eigenvalue weighted by Gasteiger charge is -2.16. The van der Waals surface area contributed by atoms with Gasteiger partial charge in [-0.25, -0.2) is 0 Å². The van der Waals surface area contributed by atoms with E-state index in [1.807, 2.05) is 36.2 Å². The van der Waals surface area contributed by atoms with Gasteiger partial charge in [0.05, 0.1) is 18.8 Å². The number of rotatable bonds is 4. The molecule has 0 unspecified atom stereocenters. The summed E-state index contributed by atoms with van der Waals surface area (Å²) in [6.45, 7) is 0.711. The maximum Gasteiger partial charge on any atom is 0.187 e. The lowest BCUT2D eigenvalue weighted by Crippen LogP contribution is -2.17. The van der Waals surface area contributed by atoms with E-state index in [0.717, 1.165) is 23.0 Å². The molecular weight excluding hydrogens is 258 g/mol. The lowest BCUT2D eigenvalue weighted by molar-refractivity contribution is 0.414. The molecule has 0 aliphatic heterocycles. The van der Waals surface area contributed by atoms with Gasteiger partial charge in [-0.3, -0.25) is 0 Å². The van der Waals surface area contributed by atoms with Crippen LogP contribution in [0.25, 0.3) is 0 Å². The van der Waals surface area contributed by atoms with E-state index < -0.39 is 0 Å². The maximum absolute atomic E-state index is 5.93. The summed E-state index contributed by atoms with van der Waals surface area (Å²) < 4.78 is 13.3. The third-order valence-electron chi connectivity index (χ3n) is 2.35. The van der Waals surface area contributed by atoms with Crippen molar-refractivity contribution < 1.29 is 4.74 Å². The highest BCUT2D eigenvalue weighted by atomic mass is 35.5. The second-order valence-corrected chi connectivity index (χ2v) is 4.47. The van der Waals surface area contributed by atoms with Crippen molar-refractivity contribution in [2.75, 3.05) is 19.1 Å². The number of anilines is 1. The van der Waals surface area contributed by atoms with Crippen molar-refractivity contribution in [2.24, 2.45) is 0 Å². The predicted octanol–water partition coefficient (Wildman–Crippen LogP) is 2.84. The molecule has 0 aliphatic rings. The molecule has 0 amide bonds. The van der Waals surface area contributed by atoms with Gasteiger partial charge in [0, 0.05) is 13.6 Å². The molecule has 0 bridgehead atoms.